The van der Waals surface area contributed by atoms with Crippen LogP contribution in [-0.2, 0) is 0 Å². The molecule has 0 aromatic rings. The number of nitrogens with one attached hydrogen (secondary N) is 1. The third-order valence-electron chi connectivity index (χ3n) is 6.73. The molecule has 3 heteroatoms. The average molecular weight is 462 g/mol. The minimum absolute atomic E-state index is 0.0312. The van der Waals surface area contributed by atoms with Crippen molar-refractivity contribution < 1.29 is 0 Å². The van der Waals surface area contributed by atoms with Crippen LogP contribution in [0.1, 0.15) is 73.6 Å². The highest BCUT2D eigenvalue weighted by atomic mass is 15.2. The van der Waals surface area contributed by atoms with Crippen LogP contribution in [0.25, 0.3) is 0 Å². The van der Waals surface area contributed by atoms with Gasteiger partial charge in [0.25, 0.3) is 0 Å². The normalized spacial score (nSPS) is 20.3. The molecule has 1 aliphatic carbocycles. The molecule has 0 saturated heterocycles. The fraction of sp³-hybridized carbons (Fsp3) is 0.516. The lowest BCUT2D eigenvalue weighted by atomic mass is 9.74. The highest BCUT2D eigenvalue weighted by Gasteiger charge is 2.33. The molecule has 0 radical (unpaired) electrons. The molecule has 1 atom stereocenters. The monoisotopic (exact) mass is 461 g/mol. The molecule has 0 amide bonds. The molecule has 0 fully saturated rings. The summed E-state index contributed by atoms with van der Waals surface area (Å²) in [7, 11) is 2.02. The summed E-state index contributed by atoms with van der Waals surface area (Å²) < 4.78 is 0. The number of allylic oxidation sites excluding steroid dienone is 9. The lowest BCUT2D eigenvalue weighted by molar-refractivity contribution is 0.363. The smallest absolute Gasteiger partial charge is 0.102 e. The summed E-state index contributed by atoms with van der Waals surface area (Å²) in [4.78, 5) is 7.53. The van der Waals surface area contributed by atoms with E-state index in [2.05, 4.69) is 94.6 Å². The van der Waals surface area contributed by atoms with Crippen molar-refractivity contribution in [1.82, 2.24) is 10.2 Å². The van der Waals surface area contributed by atoms with Gasteiger partial charge in [-0.2, -0.15) is 0 Å². The first-order chi connectivity index (χ1) is 16.3. The van der Waals surface area contributed by atoms with E-state index >= 15 is 0 Å². The molecule has 0 bridgehead atoms. The van der Waals surface area contributed by atoms with Crippen LogP contribution in [-0.4, -0.2) is 37.4 Å². The highest BCUT2D eigenvalue weighted by Crippen LogP contribution is 2.45. The summed E-state index contributed by atoms with van der Waals surface area (Å²) >= 11 is 0. The van der Waals surface area contributed by atoms with Gasteiger partial charge < -0.3 is 10.2 Å². The molecule has 0 spiro atoms. The lowest BCUT2D eigenvalue weighted by Crippen LogP contribution is -2.29. The van der Waals surface area contributed by atoms with Gasteiger partial charge in [-0.25, -0.2) is 4.99 Å². The van der Waals surface area contributed by atoms with Crippen molar-refractivity contribution >= 4 is 5.84 Å². The quantitative estimate of drug-likeness (QED) is 0.108. The molecule has 186 valence electrons. The van der Waals surface area contributed by atoms with Crippen LogP contribution in [0.2, 0.25) is 0 Å². The maximum absolute atomic E-state index is 5.57. The van der Waals surface area contributed by atoms with Crippen LogP contribution in [0.5, 0.6) is 0 Å². The van der Waals surface area contributed by atoms with Gasteiger partial charge in [0.1, 0.15) is 5.84 Å². The SMILES string of the molecule is C#CC/C=C/C1=C(N=C(C)N(CC)CC=C)CC(/C=C\C(=C/C)CC)=C(C)CC1(C)CCNC. The molecule has 0 aliphatic heterocycles. The molecular weight excluding hydrogens is 414 g/mol. The Balaban J connectivity index is 3.76. The summed E-state index contributed by atoms with van der Waals surface area (Å²) in [5, 5.41) is 3.36. The number of hydrogen-bond donors (Lipinski definition) is 1. The molecule has 1 unspecified atom stereocenters. The van der Waals surface area contributed by atoms with Crippen molar-refractivity contribution in [2.45, 2.75) is 73.6 Å². The minimum atomic E-state index is -0.0312. The van der Waals surface area contributed by atoms with E-state index in [1.54, 1.807) is 0 Å². The van der Waals surface area contributed by atoms with Crippen LogP contribution in [0.3, 0.4) is 0 Å². The van der Waals surface area contributed by atoms with E-state index in [9.17, 15) is 0 Å². The van der Waals surface area contributed by atoms with Crippen molar-refractivity contribution in [3.63, 3.8) is 0 Å². The van der Waals surface area contributed by atoms with Gasteiger partial charge in [-0.05, 0) is 77.1 Å². The molecule has 1 N–H and O–H groups in total. The second kappa shape index (κ2) is 15.4. The van der Waals surface area contributed by atoms with E-state index < -0.39 is 0 Å². The second-order valence-electron chi connectivity index (χ2n) is 9.28. The summed E-state index contributed by atoms with van der Waals surface area (Å²) in [6.07, 6.45) is 23.2. The van der Waals surface area contributed by atoms with E-state index in [1.165, 1.54) is 22.3 Å². The number of nitrogens with zero attached hydrogens (tertiary/aromatic N) is 2. The van der Waals surface area contributed by atoms with Crippen LogP contribution in [0.15, 0.2) is 76.0 Å². The van der Waals surface area contributed by atoms with Crippen LogP contribution in [0, 0.1) is 17.8 Å². The fourth-order valence-electron chi connectivity index (χ4n) is 4.57. The van der Waals surface area contributed by atoms with E-state index in [-0.39, 0.29) is 5.41 Å². The van der Waals surface area contributed by atoms with E-state index in [0.717, 1.165) is 56.9 Å². The Bertz CT molecular complexity index is 901. The summed E-state index contributed by atoms with van der Waals surface area (Å²) in [5.74, 6) is 3.78. The molecule has 34 heavy (non-hydrogen) atoms. The zero-order valence-electron chi connectivity index (χ0n) is 22.8. The van der Waals surface area contributed by atoms with Crippen LogP contribution in [0.4, 0.5) is 0 Å². The van der Waals surface area contributed by atoms with Crippen molar-refractivity contribution in [2.75, 3.05) is 26.7 Å². The Morgan fingerprint density at radius 2 is 2.06 bits per heavy atom. The number of aliphatic imine (C=N–C) groups is 1. The average Bonchev–Trinajstić information content (AvgIpc) is 2.91. The van der Waals surface area contributed by atoms with Gasteiger partial charge in [-0.15, -0.1) is 18.9 Å². The van der Waals surface area contributed by atoms with E-state index in [1.807, 2.05) is 13.1 Å². The Kier molecular flexibility index (Phi) is 13.3. The second-order valence-corrected chi connectivity index (χ2v) is 9.28. The zero-order chi connectivity index (χ0) is 25.6. The van der Waals surface area contributed by atoms with E-state index in [4.69, 9.17) is 11.4 Å². The lowest BCUT2D eigenvalue weighted by Gasteiger charge is -2.32. The first-order valence-corrected chi connectivity index (χ1v) is 12.7. The minimum Gasteiger partial charge on any atom is -0.357 e. The van der Waals surface area contributed by atoms with Crippen molar-refractivity contribution in [3.05, 3.63) is 71.0 Å². The van der Waals surface area contributed by atoms with Crippen molar-refractivity contribution in [2.24, 2.45) is 10.4 Å². The molecule has 0 aromatic heterocycles. The third kappa shape index (κ3) is 8.65. The number of terminal acetylenes is 1. The fourth-order valence-corrected chi connectivity index (χ4v) is 4.57. The molecule has 0 saturated carbocycles. The molecular formula is C31H47N3. The van der Waals surface area contributed by atoms with E-state index in [0.29, 0.717) is 6.42 Å². The number of rotatable bonds is 12. The Labute approximate surface area is 210 Å². The van der Waals surface area contributed by atoms with Crippen LogP contribution >= 0.6 is 0 Å². The molecule has 3 nitrogen and oxygen atoms in total. The van der Waals surface area contributed by atoms with Crippen molar-refractivity contribution in [3.8, 4) is 12.3 Å². The molecule has 1 aliphatic rings. The molecule has 1 rings (SSSR count). The van der Waals surface area contributed by atoms with Gasteiger partial charge in [0, 0.05) is 25.9 Å². The van der Waals surface area contributed by atoms with Gasteiger partial charge in [0.2, 0.25) is 0 Å². The van der Waals surface area contributed by atoms with Gasteiger partial charge in [0.05, 0.1) is 5.70 Å². The molecule has 0 heterocycles. The van der Waals surface area contributed by atoms with Gasteiger partial charge >= 0.3 is 0 Å². The summed E-state index contributed by atoms with van der Waals surface area (Å²) in [5.41, 5.74) is 6.56. The maximum Gasteiger partial charge on any atom is 0.102 e. The van der Waals surface area contributed by atoms with Gasteiger partial charge in [-0.1, -0.05) is 61.4 Å². The number of likely N-dealkylation sites (N-methyl/N-ethyl adjacent to an activating group) is 1. The highest BCUT2D eigenvalue weighted by molar-refractivity contribution is 5.81. The van der Waals surface area contributed by atoms with Gasteiger partial charge in [0.15, 0.2) is 0 Å². The summed E-state index contributed by atoms with van der Waals surface area (Å²) in [6.45, 7) is 19.8. The zero-order valence-corrected chi connectivity index (χ0v) is 22.8. The first kappa shape index (κ1) is 29.5. The predicted octanol–water partition coefficient (Wildman–Crippen LogP) is 7.38. The van der Waals surface area contributed by atoms with Crippen LogP contribution < -0.4 is 5.32 Å². The summed E-state index contributed by atoms with van der Waals surface area (Å²) in [6, 6.07) is 0. The topological polar surface area (TPSA) is 27.6 Å². The predicted molar refractivity (Wildman–Crippen MR) is 152 cm³/mol. The Morgan fingerprint density at radius 1 is 1.32 bits per heavy atom. The first-order valence-electron chi connectivity index (χ1n) is 12.7. The van der Waals surface area contributed by atoms with Gasteiger partial charge in [-0.3, -0.25) is 0 Å². The Morgan fingerprint density at radius 3 is 2.62 bits per heavy atom. The Hall–Kier alpha value is -2.57. The maximum atomic E-state index is 5.57. The standard InChI is InChI=1S/C31H47N3/c1-10-15-16-17-29-30(33-26(7)34(14-5)22-11-2)23-28(19-18-27(12-3)13-4)25(6)24-31(29,8)20-21-32-9/h1,11-12,16-19,32H,2,13-15,20-24H2,3-9H3/b17-16+,19-18-,27-12-,33-26?. The molecule has 0 aromatic carbocycles. The number of hydrogen-bond acceptors (Lipinski definition) is 2. The largest absolute Gasteiger partial charge is 0.357 e. The van der Waals surface area contributed by atoms with Crippen molar-refractivity contribution in [1.29, 1.82) is 0 Å². The third-order valence-corrected chi connectivity index (χ3v) is 6.73. The number of amidine groups is 1.